The van der Waals surface area contributed by atoms with E-state index in [0.717, 1.165) is 36.9 Å². The van der Waals surface area contributed by atoms with Gasteiger partial charge in [0.25, 0.3) is 5.91 Å². The van der Waals surface area contributed by atoms with E-state index in [1.807, 2.05) is 42.2 Å². The third-order valence-corrected chi connectivity index (χ3v) is 7.24. The Hall–Kier alpha value is -2.56. The largest absolute Gasteiger partial charge is 0.351 e. The van der Waals surface area contributed by atoms with Crippen molar-refractivity contribution < 1.29 is 9.59 Å². The zero-order valence-corrected chi connectivity index (χ0v) is 19.6. The second-order valence-electron chi connectivity index (χ2n) is 9.66. The van der Waals surface area contributed by atoms with Crippen molar-refractivity contribution in [3.63, 3.8) is 0 Å². The minimum absolute atomic E-state index is 0.00844. The summed E-state index contributed by atoms with van der Waals surface area (Å²) < 4.78 is 2.05. The maximum absolute atomic E-state index is 13.8. The number of hydrogen-bond donors (Lipinski definition) is 1. The topological polar surface area (TPSA) is 54.3 Å². The normalized spacial score (nSPS) is 22.2. The minimum atomic E-state index is -0.899. The van der Waals surface area contributed by atoms with Crippen molar-refractivity contribution >= 4 is 11.8 Å². The summed E-state index contributed by atoms with van der Waals surface area (Å²) >= 11 is 0. The average Bonchev–Trinajstić information content (AvgIpc) is 3.19. The predicted molar refractivity (Wildman–Crippen MR) is 128 cm³/mol. The molecule has 1 aliphatic carbocycles. The molecule has 0 spiro atoms. The smallest absolute Gasteiger partial charge is 0.271 e. The Kier molecular flexibility index (Phi) is 7.02. The summed E-state index contributed by atoms with van der Waals surface area (Å²) in [4.78, 5) is 29.2. The van der Waals surface area contributed by atoms with Gasteiger partial charge in [0.15, 0.2) is 0 Å². The Bertz CT molecular complexity index is 928. The van der Waals surface area contributed by atoms with Crippen LogP contribution in [0, 0.1) is 0 Å². The number of nitrogens with one attached hydrogen (secondary N) is 1. The number of carbonyl (C=O) groups excluding carboxylic acids is 2. The quantitative estimate of drug-likeness (QED) is 0.661. The second kappa shape index (κ2) is 9.93. The molecule has 1 aromatic heterocycles. The zero-order chi connectivity index (χ0) is 22.6. The number of nitrogens with zero attached hydrogens (tertiary/aromatic N) is 2. The number of fused-ring (bicyclic) bond motifs is 1. The van der Waals surface area contributed by atoms with Crippen LogP contribution in [0.4, 0.5) is 0 Å². The Morgan fingerprint density at radius 3 is 2.34 bits per heavy atom. The molecular weight excluding hydrogens is 398 g/mol. The van der Waals surface area contributed by atoms with E-state index in [-0.39, 0.29) is 17.9 Å². The van der Waals surface area contributed by atoms with E-state index in [0.29, 0.717) is 18.8 Å². The van der Waals surface area contributed by atoms with E-state index in [9.17, 15) is 9.59 Å². The molecule has 1 atom stereocenters. The molecule has 0 saturated heterocycles. The molecule has 172 valence electrons. The first-order valence-electron chi connectivity index (χ1n) is 12.4. The van der Waals surface area contributed by atoms with Crippen molar-refractivity contribution in [3.05, 3.63) is 48.2 Å². The number of benzene rings is 1. The average molecular weight is 436 g/mol. The summed E-state index contributed by atoms with van der Waals surface area (Å²) in [7, 11) is 0. The van der Waals surface area contributed by atoms with E-state index in [1.165, 1.54) is 32.1 Å². The van der Waals surface area contributed by atoms with Gasteiger partial charge in [-0.1, -0.05) is 75.8 Å². The molecule has 5 nitrogen and oxygen atoms in total. The number of rotatable bonds is 6. The standard InChI is InChI=1S/C27H37N3O2/c1-3-4-19-30-25(31)24-18-17-23(21-13-9-8-10-14-21)29(24)20-27(30,2)26(32)28-22-15-11-6-5-7-12-16-22/h8-10,13-14,17-18,22H,3-7,11-12,15-16,19-20H2,1-2H3,(H,28,32). The molecule has 4 rings (SSSR count). The molecule has 2 amide bonds. The van der Waals surface area contributed by atoms with Crippen LogP contribution in [0.5, 0.6) is 0 Å². The molecule has 2 heterocycles. The molecular formula is C27H37N3O2. The van der Waals surface area contributed by atoms with E-state index in [4.69, 9.17) is 0 Å². The monoisotopic (exact) mass is 435 g/mol. The van der Waals surface area contributed by atoms with Gasteiger partial charge < -0.3 is 14.8 Å². The van der Waals surface area contributed by atoms with Gasteiger partial charge in [-0.2, -0.15) is 0 Å². The van der Waals surface area contributed by atoms with Crippen molar-refractivity contribution in [1.29, 1.82) is 0 Å². The van der Waals surface area contributed by atoms with Crippen LogP contribution < -0.4 is 5.32 Å². The molecule has 2 aromatic rings. The number of aromatic nitrogens is 1. The van der Waals surface area contributed by atoms with E-state index >= 15 is 0 Å². The van der Waals surface area contributed by atoms with Crippen molar-refractivity contribution in [3.8, 4) is 11.3 Å². The third-order valence-electron chi connectivity index (χ3n) is 7.24. The van der Waals surface area contributed by atoms with Gasteiger partial charge in [0.1, 0.15) is 11.2 Å². The number of hydrogen-bond acceptors (Lipinski definition) is 2. The molecule has 1 fully saturated rings. The summed E-state index contributed by atoms with van der Waals surface area (Å²) in [5.74, 6) is -0.0481. The lowest BCUT2D eigenvalue weighted by molar-refractivity contribution is -0.133. The molecule has 1 N–H and O–H groups in total. The first-order chi connectivity index (χ1) is 15.5. The highest BCUT2D eigenvalue weighted by atomic mass is 16.2. The summed E-state index contributed by atoms with van der Waals surface area (Å²) in [5.41, 5.74) is 1.84. The first kappa shape index (κ1) is 22.6. The molecule has 1 saturated carbocycles. The lowest BCUT2D eigenvalue weighted by Gasteiger charge is -2.45. The summed E-state index contributed by atoms with van der Waals surface area (Å²) in [5, 5.41) is 3.36. The van der Waals surface area contributed by atoms with Gasteiger partial charge in [0, 0.05) is 18.3 Å². The van der Waals surface area contributed by atoms with Crippen molar-refractivity contribution in [2.45, 2.75) is 89.8 Å². The van der Waals surface area contributed by atoms with Crippen LogP contribution in [0.1, 0.15) is 82.1 Å². The highest BCUT2D eigenvalue weighted by Gasteiger charge is 2.47. The van der Waals surface area contributed by atoms with Crippen LogP contribution in [0.25, 0.3) is 11.3 Å². The second-order valence-corrected chi connectivity index (χ2v) is 9.66. The number of amides is 2. The lowest BCUT2D eigenvalue weighted by atomic mass is 9.91. The fraction of sp³-hybridized carbons (Fsp3) is 0.556. The minimum Gasteiger partial charge on any atom is -0.351 e. The van der Waals surface area contributed by atoms with E-state index in [2.05, 4.69) is 28.9 Å². The maximum atomic E-state index is 13.8. The van der Waals surface area contributed by atoms with Crippen LogP contribution in [0.3, 0.4) is 0 Å². The predicted octanol–water partition coefficient (Wildman–Crippen LogP) is 5.40. The van der Waals surface area contributed by atoms with Gasteiger partial charge in [0.2, 0.25) is 5.91 Å². The van der Waals surface area contributed by atoms with Crippen LogP contribution in [0.2, 0.25) is 0 Å². The van der Waals surface area contributed by atoms with Crippen LogP contribution in [-0.4, -0.2) is 39.4 Å². The zero-order valence-electron chi connectivity index (χ0n) is 19.6. The van der Waals surface area contributed by atoms with Crippen molar-refractivity contribution in [1.82, 2.24) is 14.8 Å². The molecule has 0 bridgehead atoms. The molecule has 2 aliphatic rings. The van der Waals surface area contributed by atoms with Crippen LogP contribution in [-0.2, 0) is 11.3 Å². The van der Waals surface area contributed by atoms with Gasteiger partial charge in [-0.3, -0.25) is 9.59 Å². The summed E-state index contributed by atoms with van der Waals surface area (Å²) in [6.45, 7) is 5.16. The Morgan fingerprint density at radius 1 is 1.00 bits per heavy atom. The third kappa shape index (κ3) is 4.48. The SMILES string of the molecule is CCCCN1C(=O)c2ccc(-c3ccccc3)n2CC1(C)C(=O)NC1CCCCCCC1. The first-order valence-corrected chi connectivity index (χ1v) is 12.4. The van der Waals surface area contributed by atoms with Crippen LogP contribution in [0.15, 0.2) is 42.5 Å². The highest BCUT2D eigenvalue weighted by Crippen LogP contribution is 2.33. The van der Waals surface area contributed by atoms with Gasteiger partial charge in [-0.15, -0.1) is 0 Å². The number of carbonyl (C=O) groups is 2. The molecule has 1 aliphatic heterocycles. The maximum Gasteiger partial charge on any atom is 0.271 e. The van der Waals surface area contributed by atoms with Crippen molar-refractivity contribution in [2.75, 3.05) is 6.54 Å². The van der Waals surface area contributed by atoms with E-state index in [1.54, 1.807) is 0 Å². The van der Waals surface area contributed by atoms with E-state index < -0.39 is 5.54 Å². The number of unbranched alkanes of at least 4 members (excludes halogenated alkanes) is 1. The fourth-order valence-electron chi connectivity index (χ4n) is 5.24. The molecule has 1 aromatic carbocycles. The Labute approximate surface area is 192 Å². The van der Waals surface area contributed by atoms with Crippen LogP contribution >= 0.6 is 0 Å². The summed E-state index contributed by atoms with van der Waals surface area (Å²) in [6, 6.07) is 14.3. The summed E-state index contributed by atoms with van der Waals surface area (Å²) in [6.07, 6.45) is 10.1. The Morgan fingerprint density at radius 2 is 1.66 bits per heavy atom. The van der Waals surface area contributed by atoms with Gasteiger partial charge in [-0.25, -0.2) is 0 Å². The Balaban J connectivity index is 1.65. The van der Waals surface area contributed by atoms with Gasteiger partial charge in [-0.05, 0) is 43.9 Å². The van der Waals surface area contributed by atoms with Crippen molar-refractivity contribution in [2.24, 2.45) is 0 Å². The molecule has 0 radical (unpaired) electrons. The highest BCUT2D eigenvalue weighted by molar-refractivity contribution is 6.00. The molecule has 1 unspecified atom stereocenters. The van der Waals surface area contributed by atoms with Gasteiger partial charge >= 0.3 is 0 Å². The van der Waals surface area contributed by atoms with Gasteiger partial charge in [0.05, 0.1) is 6.54 Å². The lowest BCUT2D eigenvalue weighted by Crippen LogP contribution is -2.65. The molecule has 5 heteroatoms. The fourth-order valence-corrected chi connectivity index (χ4v) is 5.24. The molecule has 32 heavy (non-hydrogen) atoms.